The summed E-state index contributed by atoms with van der Waals surface area (Å²) in [5, 5.41) is 0. The second-order valence-electron chi connectivity index (χ2n) is 3.21. The quantitative estimate of drug-likeness (QED) is 0.603. The Morgan fingerprint density at radius 2 is 1.85 bits per heavy atom. The molecule has 0 radical (unpaired) electrons. The summed E-state index contributed by atoms with van der Waals surface area (Å²) in [4.78, 5) is 12.6. The van der Waals surface area contributed by atoms with Crippen LogP contribution in [0.5, 0.6) is 0 Å². The molecule has 0 aromatic heterocycles. The fraction of sp³-hybridized carbons (Fsp3) is 0.875. The van der Waals surface area contributed by atoms with Crippen molar-refractivity contribution in [1.82, 2.24) is 4.90 Å². The van der Waals surface area contributed by atoms with E-state index >= 15 is 0 Å². The molecule has 1 heterocycles. The second kappa shape index (κ2) is 4.55. The van der Waals surface area contributed by atoms with Gasteiger partial charge in [0.25, 0.3) is 0 Å². The molecule has 76 valence electrons. The smallest absolute Gasteiger partial charge is 0.231 e. The molecule has 0 aliphatic carbocycles. The number of rotatable bonds is 4. The average Bonchev–Trinajstić information content (AvgIpc) is 2.45. The number of hydrogen-bond donors (Lipinski definition) is 1. The maximum Gasteiger partial charge on any atom is 0.231 e. The molecular weight excluding hydrogens is 172 g/mol. The number of nitrogens with zero attached hydrogens (tertiary/aromatic N) is 1. The molecule has 2 atom stereocenters. The third-order valence-corrected chi connectivity index (χ3v) is 2.28. The van der Waals surface area contributed by atoms with Crippen molar-refractivity contribution in [1.29, 1.82) is 0 Å². The Morgan fingerprint density at radius 3 is 2.15 bits per heavy atom. The van der Waals surface area contributed by atoms with Gasteiger partial charge in [-0.2, -0.15) is 0 Å². The van der Waals surface area contributed by atoms with Crippen molar-refractivity contribution in [3.8, 4) is 0 Å². The van der Waals surface area contributed by atoms with Crippen LogP contribution in [0.2, 0.25) is 0 Å². The Morgan fingerprint density at radius 1 is 1.38 bits per heavy atom. The molecule has 0 aromatic carbocycles. The van der Waals surface area contributed by atoms with Gasteiger partial charge in [0.1, 0.15) is 0 Å². The Balaban J connectivity index is 2.43. The number of methoxy groups -OCH3 is 2. The van der Waals surface area contributed by atoms with Gasteiger partial charge in [-0.05, 0) is 0 Å². The molecule has 1 fully saturated rings. The van der Waals surface area contributed by atoms with Gasteiger partial charge in [0.2, 0.25) is 5.91 Å². The highest BCUT2D eigenvalue weighted by atomic mass is 16.5. The molecule has 1 aliphatic rings. The first-order valence-electron chi connectivity index (χ1n) is 4.23. The van der Waals surface area contributed by atoms with Gasteiger partial charge in [-0.15, -0.1) is 0 Å². The third kappa shape index (κ3) is 2.65. The predicted molar refractivity (Wildman–Crippen MR) is 47.2 cm³/mol. The zero-order valence-corrected chi connectivity index (χ0v) is 8.03. The van der Waals surface area contributed by atoms with Gasteiger partial charge in [-0.3, -0.25) is 9.69 Å². The van der Waals surface area contributed by atoms with Crippen molar-refractivity contribution in [2.45, 2.75) is 12.2 Å². The SMILES string of the molecule is COC1CN(CC(N)=O)CC1OC. The van der Waals surface area contributed by atoms with Crippen LogP contribution in [0.25, 0.3) is 0 Å². The molecule has 0 saturated carbocycles. The predicted octanol–water partition coefficient (Wildman–Crippen LogP) is -1.18. The van der Waals surface area contributed by atoms with Crippen LogP contribution >= 0.6 is 0 Å². The van der Waals surface area contributed by atoms with E-state index in [9.17, 15) is 4.79 Å². The van der Waals surface area contributed by atoms with Crippen molar-refractivity contribution in [3.05, 3.63) is 0 Å². The Kier molecular flexibility index (Phi) is 3.65. The van der Waals surface area contributed by atoms with Gasteiger partial charge in [0.15, 0.2) is 0 Å². The summed E-state index contributed by atoms with van der Waals surface area (Å²) in [5.41, 5.74) is 5.08. The normalized spacial score (nSPS) is 29.4. The minimum absolute atomic E-state index is 0.0457. The van der Waals surface area contributed by atoms with Crippen LogP contribution in [0.4, 0.5) is 0 Å². The minimum Gasteiger partial charge on any atom is -0.377 e. The number of carbonyl (C=O) groups is 1. The van der Waals surface area contributed by atoms with Gasteiger partial charge in [-0.1, -0.05) is 0 Å². The van der Waals surface area contributed by atoms with Gasteiger partial charge in [-0.25, -0.2) is 0 Å². The molecule has 5 heteroatoms. The van der Waals surface area contributed by atoms with E-state index in [2.05, 4.69) is 0 Å². The zero-order chi connectivity index (χ0) is 9.84. The minimum atomic E-state index is -0.313. The largest absolute Gasteiger partial charge is 0.377 e. The van der Waals surface area contributed by atoms with Gasteiger partial charge in [0.05, 0.1) is 18.8 Å². The topological polar surface area (TPSA) is 64.8 Å². The molecule has 0 bridgehead atoms. The monoisotopic (exact) mass is 188 g/mol. The van der Waals surface area contributed by atoms with Crippen LogP contribution in [0.3, 0.4) is 0 Å². The van der Waals surface area contributed by atoms with Gasteiger partial charge in [0, 0.05) is 27.3 Å². The van der Waals surface area contributed by atoms with E-state index in [0.717, 1.165) is 0 Å². The maximum atomic E-state index is 10.6. The van der Waals surface area contributed by atoms with Crippen molar-refractivity contribution < 1.29 is 14.3 Å². The van der Waals surface area contributed by atoms with Crippen molar-refractivity contribution in [2.75, 3.05) is 33.9 Å². The first kappa shape index (κ1) is 10.4. The summed E-state index contributed by atoms with van der Waals surface area (Å²) >= 11 is 0. The summed E-state index contributed by atoms with van der Waals surface area (Å²) in [7, 11) is 3.29. The van der Waals surface area contributed by atoms with E-state index in [4.69, 9.17) is 15.2 Å². The number of likely N-dealkylation sites (tertiary alicyclic amines) is 1. The Bertz CT molecular complexity index is 174. The molecule has 1 aliphatic heterocycles. The molecule has 0 aromatic rings. The molecule has 1 saturated heterocycles. The number of amides is 1. The third-order valence-electron chi connectivity index (χ3n) is 2.28. The van der Waals surface area contributed by atoms with E-state index in [1.165, 1.54) is 0 Å². The number of primary amides is 1. The van der Waals surface area contributed by atoms with Crippen LogP contribution in [0.1, 0.15) is 0 Å². The van der Waals surface area contributed by atoms with Gasteiger partial charge < -0.3 is 15.2 Å². The lowest BCUT2D eigenvalue weighted by atomic mass is 10.3. The molecule has 2 unspecified atom stereocenters. The van der Waals surface area contributed by atoms with Crippen LogP contribution in [-0.4, -0.2) is 56.9 Å². The standard InChI is InChI=1S/C8H16N2O3/c1-12-6-3-10(5-8(9)11)4-7(6)13-2/h6-7H,3-5H2,1-2H3,(H2,9,11). The van der Waals surface area contributed by atoms with E-state index in [-0.39, 0.29) is 24.7 Å². The van der Waals surface area contributed by atoms with Crippen LogP contribution < -0.4 is 5.73 Å². The van der Waals surface area contributed by atoms with Crippen LogP contribution in [0.15, 0.2) is 0 Å². The number of nitrogens with two attached hydrogens (primary N) is 1. The second-order valence-corrected chi connectivity index (χ2v) is 3.21. The summed E-state index contributed by atoms with van der Waals surface area (Å²) < 4.78 is 10.4. The summed E-state index contributed by atoms with van der Waals surface area (Å²) in [6.45, 7) is 1.69. The molecule has 5 nitrogen and oxygen atoms in total. The Hall–Kier alpha value is -0.650. The zero-order valence-electron chi connectivity index (χ0n) is 8.03. The molecule has 1 rings (SSSR count). The number of ether oxygens (including phenoxy) is 2. The fourth-order valence-electron chi connectivity index (χ4n) is 1.62. The average molecular weight is 188 g/mol. The fourth-order valence-corrected chi connectivity index (χ4v) is 1.62. The highest BCUT2D eigenvalue weighted by Gasteiger charge is 2.33. The van der Waals surface area contributed by atoms with Crippen molar-refractivity contribution >= 4 is 5.91 Å². The first-order chi connectivity index (χ1) is 6.17. The molecule has 13 heavy (non-hydrogen) atoms. The van der Waals surface area contributed by atoms with E-state index < -0.39 is 0 Å². The summed E-state index contributed by atoms with van der Waals surface area (Å²) in [6.07, 6.45) is 0.0914. The van der Waals surface area contributed by atoms with E-state index in [1.807, 2.05) is 4.90 Å². The molecule has 1 amide bonds. The van der Waals surface area contributed by atoms with Crippen molar-refractivity contribution in [3.63, 3.8) is 0 Å². The summed E-state index contributed by atoms with van der Waals surface area (Å²) in [6, 6.07) is 0. The lowest BCUT2D eigenvalue weighted by molar-refractivity contribution is -0.119. The van der Waals surface area contributed by atoms with Gasteiger partial charge >= 0.3 is 0 Å². The summed E-state index contributed by atoms with van der Waals surface area (Å²) in [5.74, 6) is -0.313. The van der Waals surface area contributed by atoms with Crippen molar-refractivity contribution in [2.24, 2.45) is 5.73 Å². The number of carbonyl (C=O) groups excluding carboxylic acids is 1. The number of hydrogen-bond acceptors (Lipinski definition) is 4. The van der Waals surface area contributed by atoms with E-state index in [0.29, 0.717) is 13.1 Å². The lowest BCUT2D eigenvalue weighted by Gasteiger charge is -2.13. The highest BCUT2D eigenvalue weighted by molar-refractivity contribution is 5.75. The van der Waals surface area contributed by atoms with Crippen LogP contribution in [-0.2, 0) is 14.3 Å². The highest BCUT2D eigenvalue weighted by Crippen LogP contribution is 2.14. The lowest BCUT2D eigenvalue weighted by Crippen LogP contribution is -2.32. The van der Waals surface area contributed by atoms with Crippen LogP contribution in [0, 0.1) is 0 Å². The maximum absolute atomic E-state index is 10.6. The molecule has 2 N–H and O–H groups in total. The Labute approximate surface area is 77.8 Å². The molecule has 0 spiro atoms. The van der Waals surface area contributed by atoms with E-state index in [1.54, 1.807) is 14.2 Å². The molecular formula is C8H16N2O3. The first-order valence-corrected chi connectivity index (χ1v) is 4.23.